The minimum atomic E-state index is -0.651. The van der Waals surface area contributed by atoms with Crippen LogP contribution in [0, 0.1) is 11.3 Å². The summed E-state index contributed by atoms with van der Waals surface area (Å²) in [6.07, 6.45) is 1.67. The Morgan fingerprint density at radius 2 is 2.00 bits per heavy atom. The van der Waals surface area contributed by atoms with Crippen molar-refractivity contribution < 1.29 is 9.53 Å². The Hall–Kier alpha value is -0.730. The second-order valence-corrected chi connectivity index (χ2v) is 4.56. The summed E-state index contributed by atoms with van der Waals surface area (Å²) in [4.78, 5) is 10.6. The number of ether oxygens (including phenoxy) is 1. The summed E-state index contributed by atoms with van der Waals surface area (Å²) in [6, 6.07) is 0. The molecule has 0 heterocycles. The summed E-state index contributed by atoms with van der Waals surface area (Å²) in [7, 11) is 0. The lowest BCUT2D eigenvalue weighted by atomic mass is 9.86. The number of hydrogen-bond acceptors (Lipinski definition) is 2. The van der Waals surface area contributed by atoms with E-state index in [1.165, 1.54) is 0 Å². The highest BCUT2D eigenvalue weighted by Gasteiger charge is 2.41. The molecule has 70 valence electrons. The third-order valence-electron chi connectivity index (χ3n) is 2.15. The Morgan fingerprint density at radius 3 is 2.25 bits per heavy atom. The first kappa shape index (κ1) is 9.36. The average molecular weight is 171 g/mol. The van der Waals surface area contributed by atoms with Gasteiger partial charge in [-0.05, 0) is 24.2 Å². The van der Waals surface area contributed by atoms with Crippen LogP contribution in [0.5, 0.6) is 0 Å². The van der Waals surface area contributed by atoms with Gasteiger partial charge in [-0.1, -0.05) is 20.8 Å². The van der Waals surface area contributed by atoms with Crippen LogP contribution in [-0.2, 0) is 4.74 Å². The van der Waals surface area contributed by atoms with Crippen molar-refractivity contribution in [3.63, 3.8) is 0 Å². The standard InChI is InChI=1S/C9H17NO2/c1-9(2,3)7(6-4-5-6)12-8(10)11/h6-7H,4-5H2,1-3H3,(H2,10,11). The predicted molar refractivity (Wildman–Crippen MR) is 46.6 cm³/mol. The van der Waals surface area contributed by atoms with Gasteiger partial charge >= 0.3 is 6.09 Å². The van der Waals surface area contributed by atoms with Crippen molar-refractivity contribution in [2.75, 3.05) is 0 Å². The predicted octanol–water partition coefficient (Wildman–Crippen LogP) is 1.91. The SMILES string of the molecule is CC(C)(C)C(OC(N)=O)C1CC1. The first-order chi connectivity index (χ1) is 5.41. The van der Waals surface area contributed by atoms with Crippen molar-refractivity contribution >= 4 is 6.09 Å². The van der Waals surface area contributed by atoms with Crippen LogP contribution in [0.15, 0.2) is 0 Å². The molecule has 2 N–H and O–H groups in total. The summed E-state index contributed by atoms with van der Waals surface area (Å²) < 4.78 is 5.08. The van der Waals surface area contributed by atoms with E-state index >= 15 is 0 Å². The Balaban J connectivity index is 2.54. The van der Waals surface area contributed by atoms with Crippen LogP contribution in [0.3, 0.4) is 0 Å². The molecule has 0 aromatic carbocycles. The van der Waals surface area contributed by atoms with E-state index in [1.54, 1.807) is 0 Å². The van der Waals surface area contributed by atoms with Gasteiger partial charge in [-0.3, -0.25) is 0 Å². The largest absolute Gasteiger partial charge is 0.446 e. The number of hydrogen-bond donors (Lipinski definition) is 1. The maximum Gasteiger partial charge on any atom is 0.404 e. The monoisotopic (exact) mass is 171 g/mol. The average Bonchev–Trinajstić information content (AvgIpc) is 2.60. The molecule has 0 aromatic rings. The third kappa shape index (κ3) is 2.40. The van der Waals surface area contributed by atoms with Crippen molar-refractivity contribution in [1.29, 1.82) is 0 Å². The molecule has 1 amide bonds. The molecule has 3 nitrogen and oxygen atoms in total. The molecule has 1 atom stereocenters. The van der Waals surface area contributed by atoms with Gasteiger partial charge in [0.2, 0.25) is 0 Å². The van der Waals surface area contributed by atoms with Gasteiger partial charge in [-0.2, -0.15) is 0 Å². The molecule has 1 unspecified atom stereocenters. The maximum absolute atomic E-state index is 10.6. The molecule has 0 bridgehead atoms. The van der Waals surface area contributed by atoms with E-state index in [0.717, 1.165) is 12.8 Å². The van der Waals surface area contributed by atoms with Crippen LogP contribution >= 0.6 is 0 Å². The molecule has 0 aliphatic heterocycles. The van der Waals surface area contributed by atoms with Crippen molar-refractivity contribution in [1.82, 2.24) is 0 Å². The summed E-state index contributed by atoms with van der Waals surface area (Å²) in [5.74, 6) is 0.539. The normalized spacial score (nSPS) is 20.2. The van der Waals surface area contributed by atoms with Crippen molar-refractivity contribution in [2.45, 2.75) is 39.7 Å². The minimum absolute atomic E-state index is 0.00463. The molecule has 12 heavy (non-hydrogen) atoms. The highest BCUT2D eigenvalue weighted by Crippen LogP contribution is 2.42. The Labute approximate surface area is 73.3 Å². The Kier molecular flexibility index (Phi) is 2.31. The first-order valence-corrected chi connectivity index (χ1v) is 4.37. The van der Waals surface area contributed by atoms with Crippen molar-refractivity contribution in [3.05, 3.63) is 0 Å². The second-order valence-electron chi connectivity index (χ2n) is 4.56. The molecule has 1 saturated carbocycles. The van der Waals surface area contributed by atoms with Crippen LogP contribution in [0.4, 0.5) is 4.79 Å². The number of carbonyl (C=O) groups is 1. The zero-order valence-electron chi connectivity index (χ0n) is 7.96. The quantitative estimate of drug-likeness (QED) is 0.690. The van der Waals surface area contributed by atoms with E-state index in [4.69, 9.17) is 10.5 Å². The molecule has 1 rings (SSSR count). The van der Waals surface area contributed by atoms with Crippen LogP contribution in [0.1, 0.15) is 33.6 Å². The zero-order valence-corrected chi connectivity index (χ0v) is 7.96. The lowest BCUT2D eigenvalue weighted by molar-refractivity contribution is 0.0222. The Bertz CT molecular complexity index is 179. The molecule has 1 aliphatic carbocycles. The van der Waals surface area contributed by atoms with Crippen LogP contribution < -0.4 is 5.73 Å². The van der Waals surface area contributed by atoms with Crippen molar-refractivity contribution in [3.8, 4) is 0 Å². The van der Waals surface area contributed by atoms with Gasteiger partial charge in [0.25, 0.3) is 0 Å². The number of carbonyl (C=O) groups excluding carboxylic acids is 1. The molecular formula is C9H17NO2. The number of primary amides is 1. The first-order valence-electron chi connectivity index (χ1n) is 4.37. The zero-order chi connectivity index (χ0) is 9.35. The Morgan fingerprint density at radius 1 is 1.50 bits per heavy atom. The molecule has 1 aliphatic rings. The maximum atomic E-state index is 10.6. The summed E-state index contributed by atoms with van der Waals surface area (Å²) in [6.45, 7) is 6.21. The van der Waals surface area contributed by atoms with E-state index in [1.807, 2.05) is 0 Å². The highest BCUT2D eigenvalue weighted by atomic mass is 16.6. The fourth-order valence-electron chi connectivity index (χ4n) is 1.50. The van der Waals surface area contributed by atoms with E-state index in [-0.39, 0.29) is 11.5 Å². The molecular weight excluding hydrogens is 154 g/mol. The minimum Gasteiger partial charge on any atom is -0.446 e. The van der Waals surface area contributed by atoms with E-state index < -0.39 is 6.09 Å². The number of nitrogens with two attached hydrogens (primary N) is 1. The third-order valence-corrected chi connectivity index (χ3v) is 2.15. The highest BCUT2D eigenvalue weighted by molar-refractivity contribution is 5.64. The van der Waals surface area contributed by atoms with Gasteiger partial charge in [0.1, 0.15) is 6.10 Å². The van der Waals surface area contributed by atoms with Crippen LogP contribution in [0.25, 0.3) is 0 Å². The molecule has 0 saturated heterocycles. The van der Waals surface area contributed by atoms with Gasteiger partial charge in [0.05, 0.1) is 0 Å². The molecule has 0 spiro atoms. The molecule has 0 aromatic heterocycles. The van der Waals surface area contributed by atoms with E-state index in [9.17, 15) is 4.79 Å². The summed E-state index contributed by atoms with van der Waals surface area (Å²) in [5.41, 5.74) is 5.00. The topological polar surface area (TPSA) is 52.3 Å². The smallest absolute Gasteiger partial charge is 0.404 e. The van der Waals surface area contributed by atoms with E-state index in [2.05, 4.69) is 20.8 Å². The number of amides is 1. The van der Waals surface area contributed by atoms with Gasteiger partial charge in [-0.15, -0.1) is 0 Å². The summed E-state index contributed by atoms with van der Waals surface area (Å²) >= 11 is 0. The van der Waals surface area contributed by atoms with Crippen molar-refractivity contribution in [2.24, 2.45) is 17.1 Å². The lowest BCUT2D eigenvalue weighted by Gasteiger charge is -2.29. The second kappa shape index (κ2) is 2.96. The molecule has 3 heteroatoms. The van der Waals surface area contributed by atoms with Gasteiger partial charge in [0, 0.05) is 0 Å². The lowest BCUT2D eigenvalue weighted by Crippen LogP contribution is -2.35. The fraction of sp³-hybridized carbons (Fsp3) is 0.889. The molecule has 0 radical (unpaired) electrons. The van der Waals surface area contributed by atoms with Gasteiger partial charge < -0.3 is 10.5 Å². The van der Waals surface area contributed by atoms with Crippen LogP contribution in [-0.4, -0.2) is 12.2 Å². The van der Waals surface area contributed by atoms with Crippen LogP contribution in [0.2, 0.25) is 0 Å². The number of rotatable bonds is 2. The molecule has 1 fully saturated rings. The summed E-state index contributed by atoms with van der Waals surface area (Å²) in [5, 5.41) is 0. The van der Waals surface area contributed by atoms with Gasteiger partial charge in [0.15, 0.2) is 0 Å². The van der Waals surface area contributed by atoms with E-state index in [0.29, 0.717) is 5.92 Å². The fourth-order valence-corrected chi connectivity index (χ4v) is 1.50. The van der Waals surface area contributed by atoms with Gasteiger partial charge in [-0.25, -0.2) is 4.79 Å².